The SMILES string of the molecule is O=C(COC(=O)c1ccc(-c2ccccc2)cc1)NCC1(N2CCOCC2)CCCCC1. The van der Waals surface area contributed by atoms with Gasteiger partial charge in [-0.2, -0.15) is 0 Å². The van der Waals surface area contributed by atoms with Crippen LogP contribution in [0.4, 0.5) is 0 Å². The number of nitrogens with zero attached hydrogens (tertiary/aromatic N) is 1. The number of rotatable bonds is 7. The molecule has 170 valence electrons. The Labute approximate surface area is 189 Å². The van der Waals surface area contributed by atoms with Gasteiger partial charge in [-0.25, -0.2) is 4.79 Å². The second kappa shape index (κ2) is 10.7. The van der Waals surface area contributed by atoms with Gasteiger partial charge < -0.3 is 14.8 Å². The van der Waals surface area contributed by atoms with Crippen LogP contribution < -0.4 is 5.32 Å². The first-order valence-corrected chi connectivity index (χ1v) is 11.6. The van der Waals surface area contributed by atoms with Crippen LogP contribution in [0, 0.1) is 0 Å². The highest BCUT2D eigenvalue weighted by Gasteiger charge is 2.38. The van der Waals surface area contributed by atoms with Crippen LogP contribution >= 0.6 is 0 Å². The summed E-state index contributed by atoms with van der Waals surface area (Å²) < 4.78 is 10.8. The first-order valence-electron chi connectivity index (χ1n) is 11.6. The van der Waals surface area contributed by atoms with Crippen LogP contribution in [0.3, 0.4) is 0 Å². The molecule has 4 rings (SSSR count). The first-order chi connectivity index (χ1) is 15.7. The van der Waals surface area contributed by atoms with Crippen LogP contribution in [-0.4, -0.2) is 61.8 Å². The summed E-state index contributed by atoms with van der Waals surface area (Å²) in [6, 6.07) is 17.2. The highest BCUT2D eigenvalue weighted by atomic mass is 16.5. The number of amides is 1. The standard InChI is InChI=1S/C26H32N2O4/c29-24(27-20-26(13-5-2-6-14-26)28-15-17-31-18-16-28)19-32-25(30)23-11-9-22(10-12-23)21-7-3-1-4-8-21/h1,3-4,7-12H,2,5-6,13-20H2,(H,27,29). The average molecular weight is 437 g/mol. The van der Waals surface area contributed by atoms with Gasteiger partial charge in [-0.05, 0) is 36.1 Å². The van der Waals surface area contributed by atoms with E-state index in [1.54, 1.807) is 12.1 Å². The van der Waals surface area contributed by atoms with Gasteiger partial charge >= 0.3 is 5.97 Å². The molecule has 1 N–H and O–H groups in total. The van der Waals surface area contributed by atoms with Crippen LogP contribution in [0.5, 0.6) is 0 Å². The summed E-state index contributed by atoms with van der Waals surface area (Å²) in [7, 11) is 0. The molecule has 1 aliphatic carbocycles. The van der Waals surface area contributed by atoms with E-state index in [9.17, 15) is 9.59 Å². The first kappa shape index (κ1) is 22.5. The van der Waals surface area contributed by atoms with Crippen molar-refractivity contribution in [2.75, 3.05) is 39.5 Å². The summed E-state index contributed by atoms with van der Waals surface area (Å²) in [6.07, 6.45) is 5.78. The Hall–Kier alpha value is -2.70. The van der Waals surface area contributed by atoms with Crippen molar-refractivity contribution in [3.63, 3.8) is 0 Å². The topological polar surface area (TPSA) is 67.9 Å². The number of benzene rings is 2. The van der Waals surface area contributed by atoms with Crippen LogP contribution in [-0.2, 0) is 14.3 Å². The van der Waals surface area contributed by atoms with Crippen molar-refractivity contribution in [2.45, 2.75) is 37.6 Å². The number of carbonyl (C=O) groups is 2. The summed E-state index contributed by atoms with van der Waals surface area (Å²) in [4.78, 5) is 27.3. The zero-order chi connectivity index (χ0) is 22.2. The molecule has 6 nitrogen and oxygen atoms in total. The van der Waals surface area contributed by atoms with Crippen molar-refractivity contribution in [3.05, 3.63) is 60.2 Å². The predicted molar refractivity (Wildman–Crippen MR) is 123 cm³/mol. The van der Waals surface area contributed by atoms with E-state index in [-0.39, 0.29) is 18.1 Å². The molecule has 0 aromatic heterocycles. The van der Waals surface area contributed by atoms with Gasteiger partial charge in [0.15, 0.2) is 6.61 Å². The second-order valence-corrected chi connectivity index (χ2v) is 8.68. The number of esters is 1. The van der Waals surface area contributed by atoms with Crippen molar-refractivity contribution < 1.29 is 19.1 Å². The van der Waals surface area contributed by atoms with E-state index in [0.29, 0.717) is 12.1 Å². The molecule has 6 heteroatoms. The fraction of sp³-hybridized carbons (Fsp3) is 0.462. The van der Waals surface area contributed by atoms with Gasteiger partial charge in [0, 0.05) is 25.2 Å². The minimum Gasteiger partial charge on any atom is -0.452 e. The third-order valence-corrected chi connectivity index (χ3v) is 6.64. The number of nitrogens with one attached hydrogen (secondary N) is 1. The number of ether oxygens (including phenoxy) is 2. The van der Waals surface area contributed by atoms with E-state index in [1.807, 2.05) is 42.5 Å². The lowest BCUT2D eigenvalue weighted by Crippen LogP contribution is -2.59. The fourth-order valence-electron chi connectivity index (χ4n) is 4.81. The Kier molecular flexibility index (Phi) is 7.55. The van der Waals surface area contributed by atoms with Crippen LogP contribution in [0.15, 0.2) is 54.6 Å². The van der Waals surface area contributed by atoms with Crippen molar-refractivity contribution in [2.24, 2.45) is 0 Å². The van der Waals surface area contributed by atoms with E-state index in [1.165, 1.54) is 19.3 Å². The van der Waals surface area contributed by atoms with Gasteiger partial charge in [-0.1, -0.05) is 61.7 Å². The Morgan fingerprint density at radius 2 is 1.56 bits per heavy atom. The molecule has 32 heavy (non-hydrogen) atoms. The van der Waals surface area contributed by atoms with Gasteiger partial charge in [0.25, 0.3) is 5.91 Å². The fourth-order valence-corrected chi connectivity index (χ4v) is 4.81. The molecule has 1 saturated carbocycles. The molecule has 0 unspecified atom stereocenters. The normalized spacial score (nSPS) is 18.6. The number of morpholine rings is 1. The Bertz CT molecular complexity index is 886. The smallest absolute Gasteiger partial charge is 0.338 e. The minimum atomic E-state index is -0.486. The summed E-state index contributed by atoms with van der Waals surface area (Å²) in [5.41, 5.74) is 2.55. The zero-order valence-electron chi connectivity index (χ0n) is 18.6. The van der Waals surface area contributed by atoms with Crippen molar-refractivity contribution >= 4 is 11.9 Å². The maximum Gasteiger partial charge on any atom is 0.338 e. The van der Waals surface area contributed by atoms with Gasteiger partial charge in [-0.15, -0.1) is 0 Å². The second-order valence-electron chi connectivity index (χ2n) is 8.68. The molecule has 2 aromatic carbocycles. The van der Waals surface area contributed by atoms with Gasteiger partial charge in [0.2, 0.25) is 0 Å². The Balaban J connectivity index is 1.28. The average Bonchev–Trinajstić information content (AvgIpc) is 2.88. The Morgan fingerprint density at radius 1 is 0.906 bits per heavy atom. The molecule has 2 aliphatic rings. The van der Waals surface area contributed by atoms with Gasteiger partial charge in [0.1, 0.15) is 0 Å². The molecule has 1 aliphatic heterocycles. The third-order valence-electron chi connectivity index (χ3n) is 6.64. The molecular weight excluding hydrogens is 404 g/mol. The van der Waals surface area contributed by atoms with E-state index in [2.05, 4.69) is 10.2 Å². The highest BCUT2D eigenvalue weighted by Crippen LogP contribution is 2.33. The van der Waals surface area contributed by atoms with E-state index >= 15 is 0 Å². The van der Waals surface area contributed by atoms with E-state index in [4.69, 9.17) is 9.47 Å². The predicted octanol–water partition coefficient (Wildman–Crippen LogP) is 3.66. The van der Waals surface area contributed by atoms with Crippen LogP contribution in [0.2, 0.25) is 0 Å². The number of carbonyl (C=O) groups excluding carboxylic acids is 2. The highest BCUT2D eigenvalue weighted by molar-refractivity contribution is 5.91. The number of hydrogen-bond acceptors (Lipinski definition) is 5. The van der Waals surface area contributed by atoms with E-state index in [0.717, 1.165) is 50.3 Å². The molecule has 0 atom stereocenters. The summed E-state index contributed by atoms with van der Waals surface area (Å²) in [5.74, 6) is -0.738. The van der Waals surface area contributed by atoms with Crippen molar-refractivity contribution in [1.29, 1.82) is 0 Å². The molecule has 0 bridgehead atoms. The maximum absolute atomic E-state index is 12.5. The van der Waals surface area contributed by atoms with Crippen molar-refractivity contribution in [3.8, 4) is 11.1 Å². The molecule has 2 aromatic rings. The van der Waals surface area contributed by atoms with Crippen LogP contribution in [0.1, 0.15) is 42.5 Å². The lowest BCUT2D eigenvalue weighted by Gasteiger charge is -2.48. The molecule has 0 spiro atoms. The largest absolute Gasteiger partial charge is 0.452 e. The maximum atomic E-state index is 12.5. The van der Waals surface area contributed by atoms with Crippen molar-refractivity contribution in [1.82, 2.24) is 10.2 Å². The van der Waals surface area contributed by atoms with E-state index < -0.39 is 5.97 Å². The molecule has 1 saturated heterocycles. The molecule has 1 heterocycles. The summed E-state index contributed by atoms with van der Waals surface area (Å²) in [6.45, 7) is 3.63. The lowest BCUT2D eigenvalue weighted by molar-refractivity contribution is -0.125. The molecule has 1 amide bonds. The number of hydrogen-bond donors (Lipinski definition) is 1. The summed E-state index contributed by atoms with van der Waals surface area (Å²) >= 11 is 0. The molecule has 2 fully saturated rings. The quantitative estimate of drug-likeness (QED) is 0.671. The lowest BCUT2D eigenvalue weighted by atomic mass is 9.79. The molecular formula is C26H32N2O4. The third kappa shape index (κ3) is 5.56. The zero-order valence-corrected chi connectivity index (χ0v) is 18.6. The Morgan fingerprint density at radius 3 is 2.25 bits per heavy atom. The monoisotopic (exact) mass is 436 g/mol. The van der Waals surface area contributed by atoms with Gasteiger partial charge in [0.05, 0.1) is 18.8 Å². The van der Waals surface area contributed by atoms with Gasteiger partial charge in [-0.3, -0.25) is 9.69 Å². The van der Waals surface area contributed by atoms with Crippen LogP contribution in [0.25, 0.3) is 11.1 Å². The summed E-state index contributed by atoms with van der Waals surface area (Å²) in [5, 5.41) is 3.03. The molecule has 0 radical (unpaired) electrons. The minimum absolute atomic E-state index is 0.00499.